The average Bonchev–Trinajstić information content (AvgIpc) is 2.30. The van der Waals surface area contributed by atoms with Crippen molar-refractivity contribution in [2.24, 2.45) is 4.99 Å². The van der Waals surface area contributed by atoms with Gasteiger partial charge >= 0.3 is 0 Å². The second kappa shape index (κ2) is 4.64. The standard InChI is InChI=1S/C12H14N2S/c1-9-3-5-10(6-4-9)11-7-8-15-12(13-2)14-11/h3-8,12-13H,1-2H3. The second-order valence-corrected chi connectivity index (χ2v) is 4.45. The monoisotopic (exact) mass is 218 g/mol. The molecular formula is C12H14N2S. The summed E-state index contributed by atoms with van der Waals surface area (Å²) >= 11 is 1.69. The van der Waals surface area contributed by atoms with Crippen LogP contribution in [0.4, 0.5) is 0 Å². The molecule has 0 saturated heterocycles. The van der Waals surface area contributed by atoms with E-state index in [-0.39, 0.29) is 5.50 Å². The quantitative estimate of drug-likeness (QED) is 0.825. The van der Waals surface area contributed by atoms with Crippen molar-refractivity contribution in [3.63, 3.8) is 0 Å². The number of allylic oxidation sites excluding steroid dienone is 1. The van der Waals surface area contributed by atoms with Crippen LogP contribution in [0.15, 0.2) is 40.7 Å². The molecule has 78 valence electrons. The Morgan fingerprint density at radius 3 is 2.67 bits per heavy atom. The number of hydrogen-bond acceptors (Lipinski definition) is 3. The summed E-state index contributed by atoms with van der Waals surface area (Å²) in [4.78, 5) is 4.58. The average molecular weight is 218 g/mol. The summed E-state index contributed by atoms with van der Waals surface area (Å²) in [5.74, 6) is 0. The van der Waals surface area contributed by atoms with E-state index in [1.165, 1.54) is 11.1 Å². The van der Waals surface area contributed by atoms with Crippen molar-refractivity contribution < 1.29 is 0 Å². The fourth-order valence-electron chi connectivity index (χ4n) is 1.41. The zero-order chi connectivity index (χ0) is 10.7. The van der Waals surface area contributed by atoms with Crippen LogP contribution < -0.4 is 5.32 Å². The summed E-state index contributed by atoms with van der Waals surface area (Å²) in [5, 5.41) is 5.23. The van der Waals surface area contributed by atoms with Crippen molar-refractivity contribution in [2.75, 3.05) is 7.05 Å². The van der Waals surface area contributed by atoms with Crippen LogP contribution in [-0.4, -0.2) is 18.3 Å². The Hall–Kier alpha value is -1.06. The smallest absolute Gasteiger partial charge is 0.151 e. The van der Waals surface area contributed by atoms with Gasteiger partial charge in [0.15, 0.2) is 5.50 Å². The molecule has 1 aliphatic heterocycles. The normalized spacial score (nSPS) is 20.1. The minimum absolute atomic E-state index is 0.145. The van der Waals surface area contributed by atoms with E-state index >= 15 is 0 Å². The fourth-order valence-corrected chi connectivity index (χ4v) is 2.07. The molecule has 0 saturated carbocycles. The maximum atomic E-state index is 4.58. The first-order valence-electron chi connectivity index (χ1n) is 4.94. The van der Waals surface area contributed by atoms with Crippen molar-refractivity contribution in [1.82, 2.24) is 5.32 Å². The molecule has 0 aliphatic carbocycles. The molecule has 1 aromatic rings. The third-order valence-electron chi connectivity index (χ3n) is 2.28. The molecule has 0 radical (unpaired) electrons. The minimum Gasteiger partial charge on any atom is -0.290 e. The molecule has 1 aliphatic rings. The minimum atomic E-state index is 0.145. The van der Waals surface area contributed by atoms with Gasteiger partial charge in [-0.25, -0.2) is 0 Å². The van der Waals surface area contributed by atoms with Crippen molar-refractivity contribution in [3.8, 4) is 0 Å². The highest BCUT2D eigenvalue weighted by molar-refractivity contribution is 8.02. The highest BCUT2D eigenvalue weighted by Crippen LogP contribution is 2.19. The van der Waals surface area contributed by atoms with Crippen molar-refractivity contribution in [1.29, 1.82) is 0 Å². The number of aliphatic imine (C=N–C) groups is 1. The molecule has 0 aromatic heterocycles. The van der Waals surface area contributed by atoms with E-state index in [2.05, 4.69) is 53.0 Å². The molecule has 0 fully saturated rings. The summed E-state index contributed by atoms with van der Waals surface area (Å²) in [5.41, 5.74) is 3.65. The first kappa shape index (κ1) is 10.5. The lowest BCUT2D eigenvalue weighted by Crippen LogP contribution is -2.21. The maximum Gasteiger partial charge on any atom is 0.151 e. The van der Waals surface area contributed by atoms with Crippen LogP contribution in [0.2, 0.25) is 0 Å². The van der Waals surface area contributed by atoms with Crippen LogP contribution in [0.1, 0.15) is 11.1 Å². The van der Waals surface area contributed by atoms with Crippen LogP contribution in [-0.2, 0) is 0 Å². The van der Waals surface area contributed by atoms with E-state index in [4.69, 9.17) is 0 Å². The lowest BCUT2D eigenvalue weighted by atomic mass is 10.1. The number of thioether (sulfide) groups is 1. The number of nitrogens with one attached hydrogen (secondary N) is 1. The van der Waals surface area contributed by atoms with Gasteiger partial charge in [-0.3, -0.25) is 10.3 Å². The first-order valence-corrected chi connectivity index (χ1v) is 5.88. The van der Waals surface area contributed by atoms with Crippen LogP contribution in [0.5, 0.6) is 0 Å². The molecule has 3 heteroatoms. The summed E-state index contributed by atoms with van der Waals surface area (Å²) < 4.78 is 0. The number of aryl methyl sites for hydroxylation is 1. The number of benzene rings is 1. The number of hydrogen-bond donors (Lipinski definition) is 1. The Morgan fingerprint density at radius 1 is 1.27 bits per heavy atom. The lowest BCUT2D eigenvalue weighted by Gasteiger charge is -2.14. The number of nitrogens with zero attached hydrogens (tertiary/aromatic N) is 1. The molecule has 1 unspecified atom stereocenters. The molecule has 2 rings (SSSR count). The van der Waals surface area contributed by atoms with Gasteiger partial charge in [0.2, 0.25) is 0 Å². The van der Waals surface area contributed by atoms with Crippen molar-refractivity contribution in [3.05, 3.63) is 46.9 Å². The zero-order valence-electron chi connectivity index (χ0n) is 8.90. The first-order chi connectivity index (χ1) is 7.29. The fraction of sp³-hybridized carbons (Fsp3) is 0.250. The van der Waals surface area contributed by atoms with Crippen LogP contribution in [0.25, 0.3) is 0 Å². The topological polar surface area (TPSA) is 24.4 Å². The van der Waals surface area contributed by atoms with Gasteiger partial charge < -0.3 is 0 Å². The molecule has 0 amide bonds. The van der Waals surface area contributed by atoms with Gasteiger partial charge in [-0.1, -0.05) is 41.6 Å². The van der Waals surface area contributed by atoms with E-state index in [0.29, 0.717) is 0 Å². The van der Waals surface area contributed by atoms with Gasteiger partial charge in [0, 0.05) is 0 Å². The molecule has 1 N–H and O–H groups in total. The molecule has 0 spiro atoms. The van der Waals surface area contributed by atoms with E-state index in [1.54, 1.807) is 11.8 Å². The van der Waals surface area contributed by atoms with Gasteiger partial charge in [0.1, 0.15) is 0 Å². The third-order valence-corrected chi connectivity index (χ3v) is 3.18. The van der Waals surface area contributed by atoms with E-state index in [9.17, 15) is 0 Å². The summed E-state index contributed by atoms with van der Waals surface area (Å²) in [6.45, 7) is 2.09. The zero-order valence-corrected chi connectivity index (χ0v) is 9.71. The Morgan fingerprint density at radius 2 is 2.00 bits per heavy atom. The Labute approximate surface area is 94.5 Å². The molecule has 0 bridgehead atoms. The van der Waals surface area contributed by atoms with E-state index in [0.717, 1.165) is 5.71 Å². The molecule has 2 nitrogen and oxygen atoms in total. The summed E-state index contributed by atoms with van der Waals surface area (Å²) in [7, 11) is 1.92. The summed E-state index contributed by atoms with van der Waals surface area (Å²) in [6, 6.07) is 8.45. The predicted molar refractivity (Wildman–Crippen MR) is 67.3 cm³/mol. The molecule has 1 atom stereocenters. The Balaban J connectivity index is 2.26. The lowest BCUT2D eigenvalue weighted by molar-refractivity contribution is 0.779. The van der Waals surface area contributed by atoms with E-state index < -0.39 is 0 Å². The second-order valence-electron chi connectivity index (χ2n) is 3.46. The van der Waals surface area contributed by atoms with Gasteiger partial charge in [-0.15, -0.1) is 0 Å². The highest BCUT2D eigenvalue weighted by atomic mass is 32.2. The van der Waals surface area contributed by atoms with Gasteiger partial charge in [0.25, 0.3) is 0 Å². The van der Waals surface area contributed by atoms with E-state index in [1.807, 2.05) is 7.05 Å². The Bertz CT molecular complexity index is 393. The Kier molecular flexibility index (Phi) is 3.23. The molecule has 1 aromatic carbocycles. The van der Waals surface area contributed by atoms with Gasteiger partial charge in [-0.05, 0) is 31.0 Å². The van der Waals surface area contributed by atoms with Crippen LogP contribution in [0, 0.1) is 6.92 Å². The van der Waals surface area contributed by atoms with Crippen LogP contribution in [0.3, 0.4) is 0 Å². The van der Waals surface area contributed by atoms with Gasteiger partial charge in [0.05, 0.1) is 5.71 Å². The van der Waals surface area contributed by atoms with Crippen molar-refractivity contribution >= 4 is 17.5 Å². The summed E-state index contributed by atoms with van der Waals surface area (Å²) in [6.07, 6.45) is 2.06. The highest BCUT2D eigenvalue weighted by Gasteiger charge is 2.09. The molecule has 1 heterocycles. The van der Waals surface area contributed by atoms with Crippen molar-refractivity contribution in [2.45, 2.75) is 12.4 Å². The largest absolute Gasteiger partial charge is 0.290 e. The third kappa shape index (κ3) is 2.49. The van der Waals surface area contributed by atoms with Crippen LogP contribution >= 0.6 is 11.8 Å². The maximum absolute atomic E-state index is 4.58. The molecular weight excluding hydrogens is 204 g/mol. The SMILES string of the molecule is CNC1N=C(c2ccc(C)cc2)C=CS1. The predicted octanol–water partition coefficient (Wildman–Crippen LogP) is 2.55. The van der Waals surface area contributed by atoms with Gasteiger partial charge in [-0.2, -0.15) is 0 Å². The molecule has 15 heavy (non-hydrogen) atoms. The number of rotatable bonds is 2.